The Labute approximate surface area is 260 Å². The average molecular weight is 646 g/mol. The number of carbonyl (C=O) groups is 2. The first-order chi connectivity index (χ1) is 21.3. The molecule has 0 fully saturated rings. The van der Waals surface area contributed by atoms with Gasteiger partial charge in [-0.05, 0) is 90.3 Å². The Bertz CT molecular complexity index is 1740. The standard InChI is InChI=1S/C34H29F6NO5/c1-19-5-10-22(17-27(19)42)32(33(35,36)37,34(38,39)40)23-11-16-26(28(43)18-23)41-30(45)21-8-14-25(15-9-21)46-24-12-6-20(7-13-24)29(44)31(2,3)4/h5-18,42-43H,1-4H3,(H,41,45). The summed E-state index contributed by atoms with van der Waals surface area (Å²) in [6, 6.07) is 15.5. The summed E-state index contributed by atoms with van der Waals surface area (Å²) in [5, 5.41) is 22.7. The summed E-state index contributed by atoms with van der Waals surface area (Å²) in [5.41, 5.74) is -7.66. The number of aromatic hydroxyl groups is 2. The van der Waals surface area contributed by atoms with E-state index < -0.39 is 57.4 Å². The van der Waals surface area contributed by atoms with E-state index in [1.165, 1.54) is 31.2 Å². The predicted molar refractivity (Wildman–Crippen MR) is 159 cm³/mol. The van der Waals surface area contributed by atoms with Crippen molar-refractivity contribution in [2.45, 2.75) is 45.5 Å². The molecule has 0 unspecified atom stereocenters. The SMILES string of the molecule is Cc1ccc(C(c2ccc(NC(=O)c3ccc(Oc4ccc(C(=O)C(C)(C)C)cc4)cc3)c(O)c2)(C(F)(F)F)C(F)(F)F)cc1O. The number of ketones is 1. The molecule has 0 aliphatic carbocycles. The summed E-state index contributed by atoms with van der Waals surface area (Å²) >= 11 is 0. The minimum atomic E-state index is -5.94. The third-order valence-corrected chi connectivity index (χ3v) is 7.32. The molecule has 0 saturated carbocycles. The number of alkyl halides is 6. The van der Waals surface area contributed by atoms with E-state index in [0.717, 1.165) is 12.1 Å². The molecule has 0 aliphatic heterocycles. The first-order valence-electron chi connectivity index (χ1n) is 13.8. The fourth-order valence-electron chi connectivity index (χ4n) is 4.81. The summed E-state index contributed by atoms with van der Waals surface area (Å²) in [5.74, 6) is -1.93. The minimum absolute atomic E-state index is 0.0389. The molecule has 4 aromatic rings. The molecule has 0 aromatic heterocycles. The number of aryl methyl sites for hydroxylation is 1. The van der Waals surface area contributed by atoms with Gasteiger partial charge in [0.2, 0.25) is 5.41 Å². The number of amides is 1. The summed E-state index contributed by atoms with van der Waals surface area (Å²) < 4.78 is 92.3. The van der Waals surface area contributed by atoms with Crippen LogP contribution >= 0.6 is 0 Å². The summed E-state index contributed by atoms with van der Waals surface area (Å²) in [4.78, 5) is 25.2. The molecule has 0 bridgehead atoms. The topological polar surface area (TPSA) is 95.9 Å². The number of rotatable bonds is 7. The van der Waals surface area contributed by atoms with Crippen molar-refractivity contribution in [3.8, 4) is 23.0 Å². The second-order valence-electron chi connectivity index (χ2n) is 11.7. The number of hydrogen-bond donors (Lipinski definition) is 3. The van der Waals surface area contributed by atoms with Gasteiger partial charge in [-0.3, -0.25) is 9.59 Å². The monoisotopic (exact) mass is 645 g/mol. The van der Waals surface area contributed by atoms with Gasteiger partial charge in [0.1, 0.15) is 23.0 Å². The molecule has 6 nitrogen and oxygen atoms in total. The van der Waals surface area contributed by atoms with E-state index in [2.05, 4.69) is 5.32 Å². The van der Waals surface area contributed by atoms with Gasteiger partial charge < -0.3 is 20.3 Å². The summed E-state index contributed by atoms with van der Waals surface area (Å²) in [7, 11) is 0. The van der Waals surface area contributed by atoms with Gasteiger partial charge in [-0.25, -0.2) is 0 Å². The Balaban J connectivity index is 1.56. The average Bonchev–Trinajstić information content (AvgIpc) is 2.95. The van der Waals surface area contributed by atoms with Crippen LogP contribution in [0.1, 0.15) is 58.2 Å². The van der Waals surface area contributed by atoms with Crippen LogP contribution in [0.4, 0.5) is 32.0 Å². The molecule has 0 heterocycles. The number of benzene rings is 4. The molecular weight excluding hydrogens is 616 g/mol. The van der Waals surface area contributed by atoms with E-state index in [1.54, 1.807) is 45.0 Å². The van der Waals surface area contributed by atoms with E-state index in [9.17, 15) is 46.1 Å². The van der Waals surface area contributed by atoms with Crippen molar-refractivity contribution in [2.75, 3.05) is 5.32 Å². The van der Waals surface area contributed by atoms with E-state index in [0.29, 0.717) is 35.3 Å². The van der Waals surface area contributed by atoms with Gasteiger partial charge in [-0.1, -0.05) is 39.0 Å². The molecule has 46 heavy (non-hydrogen) atoms. The lowest BCUT2D eigenvalue weighted by atomic mass is 9.72. The number of hydrogen-bond acceptors (Lipinski definition) is 5. The molecule has 3 N–H and O–H groups in total. The lowest BCUT2D eigenvalue weighted by Gasteiger charge is -2.38. The van der Waals surface area contributed by atoms with Gasteiger partial charge in [-0.15, -0.1) is 0 Å². The van der Waals surface area contributed by atoms with Crippen molar-refractivity contribution in [3.63, 3.8) is 0 Å². The molecule has 0 spiro atoms. The van der Waals surface area contributed by atoms with Gasteiger partial charge in [0.15, 0.2) is 5.78 Å². The second kappa shape index (κ2) is 12.1. The van der Waals surface area contributed by atoms with Crippen LogP contribution in [0.15, 0.2) is 84.9 Å². The van der Waals surface area contributed by atoms with Crippen LogP contribution in [0.3, 0.4) is 0 Å². The van der Waals surface area contributed by atoms with Gasteiger partial charge in [0, 0.05) is 16.5 Å². The van der Waals surface area contributed by atoms with Crippen molar-refractivity contribution in [3.05, 3.63) is 113 Å². The molecule has 242 valence electrons. The van der Waals surface area contributed by atoms with Crippen LogP contribution in [-0.4, -0.2) is 34.3 Å². The first-order valence-corrected chi connectivity index (χ1v) is 13.8. The van der Waals surface area contributed by atoms with Crippen molar-refractivity contribution in [1.82, 2.24) is 0 Å². The first kappa shape index (κ1) is 33.9. The van der Waals surface area contributed by atoms with Crippen LogP contribution < -0.4 is 10.1 Å². The molecule has 1 amide bonds. The number of carbonyl (C=O) groups excluding carboxylic acids is 2. The highest BCUT2D eigenvalue weighted by Gasteiger charge is 2.72. The molecule has 4 rings (SSSR count). The number of halogens is 6. The lowest BCUT2D eigenvalue weighted by Crippen LogP contribution is -2.54. The van der Waals surface area contributed by atoms with Crippen LogP contribution in [-0.2, 0) is 5.41 Å². The Morgan fingerprint density at radius 3 is 1.54 bits per heavy atom. The molecule has 0 saturated heterocycles. The van der Waals surface area contributed by atoms with Gasteiger partial charge in [-0.2, -0.15) is 26.3 Å². The third-order valence-electron chi connectivity index (χ3n) is 7.32. The molecule has 12 heteroatoms. The normalized spacial score (nSPS) is 12.5. The molecule has 0 radical (unpaired) electrons. The molecule has 0 atom stereocenters. The number of phenols is 2. The van der Waals surface area contributed by atoms with Gasteiger partial charge >= 0.3 is 12.4 Å². The number of anilines is 1. The molecule has 0 aliphatic rings. The van der Waals surface area contributed by atoms with E-state index in [-0.39, 0.29) is 23.0 Å². The van der Waals surface area contributed by atoms with E-state index in [4.69, 9.17) is 4.74 Å². The molecule has 4 aromatic carbocycles. The lowest BCUT2D eigenvalue weighted by molar-refractivity contribution is -0.288. The highest BCUT2D eigenvalue weighted by molar-refractivity contribution is 6.05. The highest BCUT2D eigenvalue weighted by Crippen LogP contribution is 2.57. The molecular formula is C34H29F6NO5. The van der Waals surface area contributed by atoms with Crippen LogP contribution in [0.2, 0.25) is 0 Å². The van der Waals surface area contributed by atoms with E-state index in [1.807, 2.05) is 0 Å². The summed E-state index contributed by atoms with van der Waals surface area (Å²) in [6.07, 6.45) is -11.9. The highest BCUT2D eigenvalue weighted by atomic mass is 19.4. The van der Waals surface area contributed by atoms with E-state index >= 15 is 0 Å². The van der Waals surface area contributed by atoms with Crippen LogP contribution in [0.5, 0.6) is 23.0 Å². The maximum absolute atomic E-state index is 14.4. The Kier molecular flexibility index (Phi) is 8.89. The Morgan fingerprint density at radius 1 is 0.652 bits per heavy atom. The second-order valence-corrected chi connectivity index (χ2v) is 11.7. The number of nitrogens with one attached hydrogen (secondary N) is 1. The minimum Gasteiger partial charge on any atom is -0.508 e. The zero-order chi connectivity index (χ0) is 34.2. The maximum Gasteiger partial charge on any atom is 0.411 e. The fourth-order valence-corrected chi connectivity index (χ4v) is 4.81. The largest absolute Gasteiger partial charge is 0.508 e. The zero-order valence-electron chi connectivity index (χ0n) is 25.0. The van der Waals surface area contributed by atoms with Crippen LogP contribution in [0.25, 0.3) is 0 Å². The van der Waals surface area contributed by atoms with Crippen molar-refractivity contribution < 1.29 is 50.9 Å². The van der Waals surface area contributed by atoms with Gasteiger partial charge in [0.05, 0.1) is 5.69 Å². The predicted octanol–water partition coefficient (Wildman–Crippen LogP) is 9.09. The smallest absolute Gasteiger partial charge is 0.411 e. The van der Waals surface area contributed by atoms with Crippen molar-refractivity contribution in [2.24, 2.45) is 5.41 Å². The van der Waals surface area contributed by atoms with Crippen LogP contribution in [0, 0.1) is 12.3 Å². The number of phenolic OH excluding ortho intramolecular Hbond substituents is 2. The zero-order valence-corrected chi connectivity index (χ0v) is 25.0. The van der Waals surface area contributed by atoms with Gasteiger partial charge in [0.25, 0.3) is 5.91 Å². The van der Waals surface area contributed by atoms with Crippen molar-refractivity contribution in [1.29, 1.82) is 0 Å². The Hall–Kier alpha value is -5.00. The number of ether oxygens (including phenoxy) is 1. The Morgan fingerprint density at radius 2 is 1.11 bits per heavy atom. The number of Topliss-reactive ketones (excluding diaryl/α,β-unsaturated/α-hetero) is 1. The quantitative estimate of drug-likeness (QED) is 0.106. The summed E-state index contributed by atoms with van der Waals surface area (Å²) in [6.45, 7) is 6.72. The third kappa shape index (κ3) is 6.51. The maximum atomic E-state index is 14.4. The van der Waals surface area contributed by atoms with Crippen molar-refractivity contribution >= 4 is 17.4 Å². The fraction of sp³-hybridized carbons (Fsp3) is 0.235.